The first-order valence-corrected chi connectivity index (χ1v) is 8.44. The van der Waals surface area contributed by atoms with Crippen LogP contribution < -0.4 is 11.2 Å². The summed E-state index contributed by atoms with van der Waals surface area (Å²) in [6.45, 7) is 0.358. The zero-order valence-electron chi connectivity index (χ0n) is 15.1. The molecule has 0 aliphatic carbocycles. The van der Waals surface area contributed by atoms with Crippen molar-refractivity contribution in [1.82, 2.24) is 24.3 Å². The number of benzene rings is 2. The van der Waals surface area contributed by atoms with E-state index < -0.39 is 16.2 Å². The lowest BCUT2D eigenvalue weighted by Crippen LogP contribution is -2.37. The quantitative estimate of drug-likeness (QED) is 0.311. The second-order valence-electron chi connectivity index (χ2n) is 6.42. The molecule has 2 heterocycles. The Morgan fingerprint density at radius 1 is 1.14 bits per heavy atom. The number of nitro groups is 1. The van der Waals surface area contributed by atoms with E-state index in [0.29, 0.717) is 23.3 Å². The molecule has 0 fully saturated rings. The summed E-state index contributed by atoms with van der Waals surface area (Å²) < 4.78 is 2.80. The Kier molecular flexibility index (Phi) is 4.19. The number of aryl methyl sites for hydroxylation is 1. The smallest absolute Gasteiger partial charge is 0.364 e. The van der Waals surface area contributed by atoms with Gasteiger partial charge in [0.25, 0.3) is 11.2 Å². The molecule has 1 N–H and O–H groups in total. The molecule has 146 valence electrons. The highest BCUT2D eigenvalue weighted by Crippen LogP contribution is 2.20. The molecule has 2 aromatic heterocycles. The topological polar surface area (TPSA) is 138 Å². The summed E-state index contributed by atoms with van der Waals surface area (Å²) in [7, 11) is 1.46. The fourth-order valence-electron chi connectivity index (χ4n) is 3.02. The summed E-state index contributed by atoms with van der Waals surface area (Å²) in [6, 6.07) is 10.9. The van der Waals surface area contributed by atoms with Gasteiger partial charge in [0.1, 0.15) is 5.69 Å². The second-order valence-corrected chi connectivity index (χ2v) is 6.42. The predicted molar refractivity (Wildman–Crippen MR) is 102 cm³/mol. The number of nitro benzene ring substituents is 1. The largest absolute Gasteiger partial charge is 0.421 e. The molecule has 0 unspecified atom stereocenters. The first kappa shape index (κ1) is 18.1. The lowest BCUT2D eigenvalue weighted by atomic mass is 10.1. The summed E-state index contributed by atoms with van der Waals surface area (Å²) in [5, 5.41) is 28.7. The molecule has 0 spiro atoms. The van der Waals surface area contributed by atoms with Gasteiger partial charge in [0, 0.05) is 24.7 Å². The maximum absolute atomic E-state index is 12.2. The number of fused-ring (bicyclic) bond motifs is 1. The summed E-state index contributed by atoms with van der Waals surface area (Å²) in [5.41, 5.74) is 0.631. The van der Waals surface area contributed by atoms with E-state index in [1.807, 2.05) is 0 Å². The first-order chi connectivity index (χ1) is 13.8. The SMILES string of the molecule is Cn1c(=O)n(O)c(=O)c2cc(-c3cn(Cc4ccc([N+](=O)[O-])cc4)nn3)ccc21. The molecule has 4 aromatic rings. The van der Waals surface area contributed by atoms with Gasteiger partial charge in [0.15, 0.2) is 0 Å². The molecule has 0 atom stereocenters. The van der Waals surface area contributed by atoms with Crippen molar-refractivity contribution >= 4 is 16.6 Å². The van der Waals surface area contributed by atoms with Crippen molar-refractivity contribution in [1.29, 1.82) is 0 Å². The monoisotopic (exact) mass is 394 g/mol. The highest BCUT2D eigenvalue weighted by atomic mass is 16.6. The lowest BCUT2D eigenvalue weighted by molar-refractivity contribution is -0.384. The van der Waals surface area contributed by atoms with Crippen LogP contribution in [0.1, 0.15) is 5.56 Å². The molecule has 0 saturated heterocycles. The molecule has 11 heteroatoms. The van der Waals surface area contributed by atoms with Crippen molar-refractivity contribution in [3.8, 4) is 11.3 Å². The van der Waals surface area contributed by atoms with Crippen molar-refractivity contribution in [2.75, 3.05) is 0 Å². The van der Waals surface area contributed by atoms with E-state index in [0.717, 1.165) is 5.56 Å². The zero-order chi connectivity index (χ0) is 20.7. The van der Waals surface area contributed by atoms with Gasteiger partial charge in [0.05, 0.1) is 28.6 Å². The van der Waals surface area contributed by atoms with E-state index in [-0.39, 0.29) is 15.8 Å². The fraction of sp³-hybridized carbons (Fsp3) is 0.111. The van der Waals surface area contributed by atoms with E-state index in [2.05, 4.69) is 10.3 Å². The van der Waals surface area contributed by atoms with E-state index in [1.54, 1.807) is 35.1 Å². The van der Waals surface area contributed by atoms with E-state index >= 15 is 0 Å². The highest BCUT2D eigenvalue weighted by Gasteiger charge is 2.13. The van der Waals surface area contributed by atoms with E-state index in [9.17, 15) is 24.9 Å². The molecule has 11 nitrogen and oxygen atoms in total. The van der Waals surface area contributed by atoms with Crippen LogP contribution in [0.25, 0.3) is 22.2 Å². The van der Waals surface area contributed by atoms with Crippen LogP contribution in [-0.2, 0) is 13.6 Å². The van der Waals surface area contributed by atoms with Gasteiger partial charge < -0.3 is 5.21 Å². The molecule has 0 radical (unpaired) electrons. The third-order valence-corrected chi connectivity index (χ3v) is 4.57. The normalized spacial score (nSPS) is 11.1. The molecule has 29 heavy (non-hydrogen) atoms. The van der Waals surface area contributed by atoms with Crippen molar-refractivity contribution in [3.63, 3.8) is 0 Å². The molecule has 2 aromatic carbocycles. The van der Waals surface area contributed by atoms with Gasteiger partial charge in [-0.15, -0.1) is 5.10 Å². The third-order valence-electron chi connectivity index (χ3n) is 4.57. The van der Waals surface area contributed by atoms with Crippen molar-refractivity contribution in [2.24, 2.45) is 7.05 Å². The van der Waals surface area contributed by atoms with Crippen LogP contribution >= 0.6 is 0 Å². The molecular weight excluding hydrogens is 380 g/mol. The molecule has 0 aliphatic rings. The van der Waals surface area contributed by atoms with Gasteiger partial charge in [-0.05, 0) is 17.7 Å². The summed E-state index contributed by atoms with van der Waals surface area (Å²) in [6.07, 6.45) is 1.67. The van der Waals surface area contributed by atoms with Gasteiger partial charge in [-0.25, -0.2) is 9.48 Å². The van der Waals surface area contributed by atoms with Gasteiger partial charge in [0.2, 0.25) is 0 Å². The number of non-ortho nitro benzene ring substituents is 1. The molecule has 0 bridgehead atoms. The molecule has 4 rings (SSSR count). The Hall–Kier alpha value is -4.28. The number of hydrogen-bond acceptors (Lipinski definition) is 7. The Bertz CT molecular complexity index is 1370. The molecule has 0 saturated carbocycles. The van der Waals surface area contributed by atoms with Crippen LogP contribution in [0.4, 0.5) is 5.69 Å². The highest BCUT2D eigenvalue weighted by molar-refractivity contribution is 5.83. The number of aromatic nitrogens is 5. The Balaban J connectivity index is 1.67. The minimum absolute atomic E-state index is 0.00753. The number of nitrogens with zero attached hydrogens (tertiary/aromatic N) is 6. The molecule has 0 aliphatic heterocycles. The first-order valence-electron chi connectivity index (χ1n) is 8.44. The van der Waals surface area contributed by atoms with Crippen molar-refractivity contribution in [3.05, 3.63) is 85.2 Å². The van der Waals surface area contributed by atoms with Gasteiger partial charge in [-0.3, -0.25) is 19.5 Å². The van der Waals surface area contributed by atoms with E-state index in [1.165, 1.54) is 29.8 Å². The standard InChI is InChI=1S/C18H14N6O5/c1-21-16-7-4-12(8-14(16)17(25)23(27)18(21)26)15-10-22(20-19-15)9-11-2-5-13(6-3-11)24(28)29/h2-8,10,27H,9H2,1H3. The van der Waals surface area contributed by atoms with Crippen LogP contribution in [0, 0.1) is 10.1 Å². The summed E-state index contributed by atoms with van der Waals surface area (Å²) in [5.74, 6) is 0. The lowest BCUT2D eigenvalue weighted by Gasteiger charge is -2.07. The average Bonchev–Trinajstić information content (AvgIpc) is 3.19. The van der Waals surface area contributed by atoms with Gasteiger partial charge in [-0.2, -0.15) is 0 Å². The van der Waals surface area contributed by atoms with Crippen LogP contribution in [-0.4, -0.2) is 34.4 Å². The Labute approximate surface area is 161 Å². The van der Waals surface area contributed by atoms with Crippen molar-refractivity contribution in [2.45, 2.75) is 6.54 Å². The van der Waals surface area contributed by atoms with E-state index in [4.69, 9.17) is 0 Å². The van der Waals surface area contributed by atoms with Gasteiger partial charge in [-0.1, -0.05) is 28.1 Å². The van der Waals surface area contributed by atoms with Crippen molar-refractivity contribution < 1.29 is 10.1 Å². The summed E-state index contributed by atoms with van der Waals surface area (Å²) in [4.78, 5) is 34.3. The predicted octanol–water partition coefficient (Wildman–Crippen LogP) is 1.15. The second kappa shape index (κ2) is 6.71. The average molecular weight is 394 g/mol. The minimum Gasteiger partial charge on any atom is -0.421 e. The minimum atomic E-state index is -0.829. The Morgan fingerprint density at radius 2 is 1.86 bits per heavy atom. The van der Waals surface area contributed by atoms with Crippen LogP contribution in [0.15, 0.2) is 58.3 Å². The van der Waals surface area contributed by atoms with Crippen LogP contribution in [0.5, 0.6) is 0 Å². The van der Waals surface area contributed by atoms with Crippen LogP contribution in [0.2, 0.25) is 0 Å². The zero-order valence-corrected chi connectivity index (χ0v) is 15.1. The summed E-state index contributed by atoms with van der Waals surface area (Å²) >= 11 is 0. The van der Waals surface area contributed by atoms with Gasteiger partial charge >= 0.3 is 5.69 Å². The number of hydrogen-bond donors (Lipinski definition) is 1. The maximum Gasteiger partial charge on any atom is 0.364 e. The Morgan fingerprint density at radius 3 is 2.55 bits per heavy atom. The number of rotatable bonds is 4. The van der Waals surface area contributed by atoms with Crippen LogP contribution in [0.3, 0.4) is 0 Å². The maximum atomic E-state index is 12.2. The fourth-order valence-corrected chi connectivity index (χ4v) is 3.02. The third kappa shape index (κ3) is 3.14. The molecule has 0 amide bonds. The molecular formula is C18H14N6O5.